The number of nitrogens with one attached hydrogen (secondary N) is 1. The number of nitro groups is 1. The van der Waals surface area contributed by atoms with Crippen LogP contribution >= 0.6 is 23.2 Å². The van der Waals surface area contributed by atoms with Gasteiger partial charge in [0.05, 0.1) is 27.1 Å². The fourth-order valence-corrected chi connectivity index (χ4v) is 3.31. The molecule has 28 heavy (non-hydrogen) atoms. The smallest absolute Gasteiger partial charge is 0.270 e. The van der Waals surface area contributed by atoms with Crippen LogP contribution in [0.2, 0.25) is 10.0 Å². The number of nitro benzene ring substituents is 1. The Hall–Kier alpha value is -2.97. The molecular formula is C18H14Cl2N4O4. The van der Waals surface area contributed by atoms with Gasteiger partial charge in [-0.2, -0.15) is 10.1 Å². The standard InChI is InChI=1S/C18H14Cl2N4O4/c1-9-6-13(19)16(20)10(2)17(9)23-15(25)8-14(22-23)21-18(26)11-4-3-5-12(7-11)24(27)28/h3-7H,8H2,1-2H3,(H,21,22,26). The third kappa shape index (κ3) is 3.69. The van der Waals surface area contributed by atoms with Gasteiger partial charge in [0.2, 0.25) is 0 Å². The van der Waals surface area contributed by atoms with Crippen molar-refractivity contribution in [2.75, 3.05) is 5.01 Å². The van der Waals surface area contributed by atoms with Crippen molar-refractivity contribution in [3.8, 4) is 0 Å². The normalized spacial score (nSPS) is 13.5. The summed E-state index contributed by atoms with van der Waals surface area (Å²) in [6, 6.07) is 6.91. The van der Waals surface area contributed by atoms with Crippen LogP contribution in [-0.2, 0) is 4.79 Å². The first kappa shape index (κ1) is 19.8. The van der Waals surface area contributed by atoms with Crippen LogP contribution in [0, 0.1) is 24.0 Å². The summed E-state index contributed by atoms with van der Waals surface area (Å²) < 4.78 is 0. The lowest BCUT2D eigenvalue weighted by molar-refractivity contribution is -0.384. The first-order valence-corrected chi connectivity index (χ1v) is 8.86. The second kappa shape index (κ2) is 7.57. The first-order chi connectivity index (χ1) is 13.2. The topological polar surface area (TPSA) is 105 Å². The Morgan fingerprint density at radius 3 is 2.68 bits per heavy atom. The van der Waals surface area contributed by atoms with E-state index < -0.39 is 10.8 Å². The van der Waals surface area contributed by atoms with Crippen molar-refractivity contribution in [1.82, 2.24) is 5.32 Å². The number of rotatable bonds is 3. The van der Waals surface area contributed by atoms with Gasteiger partial charge >= 0.3 is 0 Å². The molecule has 0 spiro atoms. The Morgan fingerprint density at radius 2 is 2.00 bits per heavy atom. The van der Waals surface area contributed by atoms with E-state index >= 15 is 0 Å². The highest BCUT2D eigenvalue weighted by molar-refractivity contribution is 6.43. The van der Waals surface area contributed by atoms with Gasteiger partial charge in [0.25, 0.3) is 17.5 Å². The maximum atomic E-state index is 12.4. The van der Waals surface area contributed by atoms with Crippen molar-refractivity contribution < 1.29 is 14.5 Å². The number of halogens is 2. The Morgan fingerprint density at radius 1 is 1.29 bits per heavy atom. The number of benzene rings is 2. The predicted molar refractivity (Wildman–Crippen MR) is 106 cm³/mol. The molecule has 0 radical (unpaired) electrons. The SMILES string of the molecule is Cc1cc(Cl)c(Cl)c(C)c1N1N=C(NC(=O)c2cccc([N+](=O)[O-])c2)CC1=O. The van der Waals surface area contributed by atoms with E-state index in [0.29, 0.717) is 26.9 Å². The molecule has 0 bridgehead atoms. The number of hydrogen-bond donors (Lipinski definition) is 1. The van der Waals surface area contributed by atoms with Crippen LogP contribution in [0.25, 0.3) is 0 Å². The molecule has 10 heteroatoms. The summed E-state index contributed by atoms with van der Waals surface area (Å²) in [4.78, 5) is 35.1. The minimum absolute atomic E-state index is 0.0877. The fourth-order valence-electron chi connectivity index (χ4n) is 2.86. The van der Waals surface area contributed by atoms with Crippen LogP contribution in [-0.4, -0.2) is 22.6 Å². The Labute approximate surface area is 169 Å². The lowest BCUT2D eigenvalue weighted by atomic mass is 10.1. The van der Waals surface area contributed by atoms with E-state index in [0.717, 1.165) is 6.07 Å². The average molecular weight is 421 g/mol. The lowest BCUT2D eigenvalue weighted by Gasteiger charge is -2.19. The van der Waals surface area contributed by atoms with Crippen LogP contribution < -0.4 is 10.3 Å². The number of hydrazone groups is 1. The molecule has 144 valence electrons. The van der Waals surface area contributed by atoms with Gasteiger partial charge < -0.3 is 5.32 Å². The number of amides is 2. The van der Waals surface area contributed by atoms with E-state index in [1.807, 2.05) is 0 Å². The van der Waals surface area contributed by atoms with Crippen molar-refractivity contribution in [2.24, 2.45) is 5.10 Å². The number of carbonyl (C=O) groups excluding carboxylic acids is 2. The van der Waals surface area contributed by atoms with Gasteiger partial charge in [0, 0.05) is 17.7 Å². The van der Waals surface area contributed by atoms with E-state index in [1.165, 1.54) is 23.2 Å². The molecule has 0 atom stereocenters. The number of hydrogen-bond acceptors (Lipinski definition) is 5. The number of carbonyl (C=O) groups is 2. The third-order valence-corrected chi connectivity index (χ3v) is 5.06. The van der Waals surface area contributed by atoms with Crippen molar-refractivity contribution in [1.29, 1.82) is 0 Å². The van der Waals surface area contributed by atoms with E-state index in [1.54, 1.807) is 19.9 Å². The number of anilines is 1. The summed E-state index contributed by atoms with van der Waals surface area (Å²) in [6.45, 7) is 3.49. The molecule has 0 fully saturated rings. The zero-order valence-electron chi connectivity index (χ0n) is 14.8. The van der Waals surface area contributed by atoms with Crippen LogP contribution in [0.1, 0.15) is 27.9 Å². The summed E-state index contributed by atoms with van der Waals surface area (Å²) in [5.41, 5.74) is 1.68. The lowest BCUT2D eigenvalue weighted by Crippen LogP contribution is -2.29. The summed E-state index contributed by atoms with van der Waals surface area (Å²) >= 11 is 12.2. The number of non-ortho nitro benzene ring substituents is 1. The molecule has 8 nitrogen and oxygen atoms in total. The van der Waals surface area contributed by atoms with E-state index in [9.17, 15) is 19.7 Å². The van der Waals surface area contributed by atoms with Crippen molar-refractivity contribution >= 4 is 52.2 Å². The van der Waals surface area contributed by atoms with Crippen LogP contribution in [0.4, 0.5) is 11.4 Å². The van der Waals surface area contributed by atoms with E-state index in [4.69, 9.17) is 23.2 Å². The number of aryl methyl sites for hydroxylation is 1. The molecular weight excluding hydrogens is 407 g/mol. The van der Waals surface area contributed by atoms with Crippen LogP contribution in [0.3, 0.4) is 0 Å². The van der Waals surface area contributed by atoms with E-state index in [-0.39, 0.29) is 29.4 Å². The van der Waals surface area contributed by atoms with Crippen molar-refractivity contribution in [2.45, 2.75) is 20.3 Å². The fraction of sp³-hybridized carbons (Fsp3) is 0.167. The van der Waals surface area contributed by atoms with Gasteiger partial charge in [0.1, 0.15) is 5.84 Å². The first-order valence-electron chi connectivity index (χ1n) is 8.10. The molecule has 0 unspecified atom stereocenters. The number of amidine groups is 1. The minimum atomic E-state index is -0.598. The molecule has 2 aromatic carbocycles. The molecule has 3 rings (SSSR count). The van der Waals surface area contributed by atoms with Crippen LogP contribution in [0.5, 0.6) is 0 Å². The van der Waals surface area contributed by atoms with Gasteiger partial charge in [-0.1, -0.05) is 29.3 Å². The summed E-state index contributed by atoms with van der Waals surface area (Å²) in [6.07, 6.45) is -0.125. The molecule has 0 saturated carbocycles. The summed E-state index contributed by atoms with van der Waals surface area (Å²) in [7, 11) is 0. The zero-order valence-corrected chi connectivity index (χ0v) is 16.3. The predicted octanol–water partition coefficient (Wildman–Crippen LogP) is 4.00. The maximum absolute atomic E-state index is 12.4. The molecule has 0 saturated heterocycles. The zero-order chi connectivity index (χ0) is 20.6. The van der Waals surface area contributed by atoms with Crippen molar-refractivity contribution in [3.05, 3.63) is 67.2 Å². The monoisotopic (exact) mass is 420 g/mol. The van der Waals surface area contributed by atoms with Gasteiger partial charge in [-0.15, -0.1) is 0 Å². The largest absolute Gasteiger partial charge is 0.308 e. The van der Waals surface area contributed by atoms with Gasteiger partial charge in [-0.3, -0.25) is 19.7 Å². The molecule has 2 amide bonds. The molecule has 1 aliphatic rings. The summed E-state index contributed by atoms with van der Waals surface area (Å²) in [5.74, 6) is -0.815. The minimum Gasteiger partial charge on any atom is -0.308 e. The Bertz CT molecular complexity index is 1050. The quantitative estimate of drug-likeness (QED) is 0.598. The molecule has 1 aliphatic heterocycles. The van der Waals surface area contributed by atoms with Crippen LogP contribution in [0.15, 0.2) is 35.4 Å². The second-order valence-electron chi connectivity index (χ2n) is 6.15. The average Bonchev–Trinajstić information content (AvgIpc) is 2.99. The highest BCUT2D eigenvalue weighted by Gasteiger charge is 2.30. The molecule has 0 aromatic heterocycles. The summed E-state index contributed by atoms with van der Waals surface area (Å²) in [5, 5.41) is 19.4. The third-order valence-electron chi connectivity index (χ3n) is 4.18. The molecule has 0 aliphatic carbocycles. The van der Waals surface area contributed by atoms with E-state index in [2.05, 4.69) is 10.4 Å². The van der Waals surface area contributed by atoms with Crippen molar-refractivity contribution in [3.63, 3.8) is 0 Å². The highest BCUT2D eigenvalue weighted by Crippen LogP contribution is 2.37. The highest BCUT2D eigenvalue weighted by atomic mass is 35.5. The Balaban J connectivity index is 1.87. The molecule has 1 N–H and O–H groups in total. The Kier molecular flexibility index (Phi) is 5.35. The number of nitrogens with zero attached hydrogens (tertiary/aromatic N) is 3. The van der Waals surface area contributed by atoms with Gasteiger partial charge in [-0.05, 0) is 37.1 Å². The maximum Gasteiger partial charge on any atom is 0.270 e. The van der Waals surface area contributed by atoms with Gasteiger partial charge in [0.15, 0.2) is 0 Å². The second-order valence-corrected chi connectivity index (χ2v) is 6.94. The molecule has 1 heterocycles. The van der Waals surface area contributed by atoms with Gasteiger partial charge in [-0.25, -0.2) is 0 Å². The molecule has 2 aromatic rings.